The molecule has 0 amide bonds. The van der Waals surface area contributed by atoms with Crippen LogP contribution in [0.15, 0.2) is 133 Å². The summed E-state index contributed by atoms with van der Waals surface area (Å²) in [4.78, 5) is 3.64. The van der Waals surface area contributed by atoms with Gasteiger partial charge in [-0.25, -0.2) is 4.85 Å². The van der Waals surface area contributed by atoms with Crippen molar-refractivity contribution in [2.45, 2.75) is 0 Å². The Morgan fingerprint density at radius 2 is 1.10 bits per heavy atom. The highest BCUT2D eigenvalue weighted by molar-refractivity contribution is 6.12. The van der Waals surface area contributed by atoms with Crippen LogP contribution in [0.4, 0.5) is 5.69 Å². The third-order valence-corrected chi connectivity index (χ3v) is 8.11. The number of hydrogen-bond acceptors (Lipinski definition) is 1. The Bertz CT molecular complexity index is 2400. The predicted molar refractivity (Wildman–Crippen MR) is 172 cm³/mol. The molecule has 0 aliphatic rings. The lowest BCUT2D eigenvalue weighted by Crippen LogP contribution is -1.95. The highest BCUT2D eigenvalue weighted by Crippen LogP contribution is 2.38. The van der Waals surface area contributed by atoms with Gasteiger partial charge in [-0.1, -0.05) is 72.8 Å². The fourth-order valence-corrected chi connectivity index (χ4v) is 6.29. The Morgan fingerprint density at radius 1 is 0.500 bits per heavy atom. The Hall–Kier alpha value is -6.10. The number of para-hydroxylation sites is 3. The minimum absolute atomic E-state index is 0.450. The Labute approximate surface area is 242 Å². The topological polar surface area (TPSA) is 38.0 Å². The number of nitrogens with zero attached hydrogens (tertiary/aromatic N) is 4. The molecular formula is C38H22N4. The average Bonchev–Trinajstić information content (AvgIpc) is 3.57. The number of aromatic nitrogens is 2. The molecule has 2 aromatic heterocycles. The standard InChI is InChI=1S/C38H22N4/c1-40-28-19-25(24-39)20-30(23-28)42-35-13-7-5-11-31(35)33-17-15-27(22-38(33)42)26-16-18-37-34(21-26)32-12-6-8-14-36(32)41(37)29-9-3-2-4-10-29/h2-23H. The first-order valence-corrected chi connectivity index (χ1v) is 13.8. The van der Waals surface area contributed by atoms with E-state index in [-0.39, 0.29) is 0 Å². The van der Waals surface area contributed by atoms with Crippen molar-refractivity contribution in [2.75, 3.05) is 0 Å². The molecule has 4 heteroatoms. The molecular weight excluding hydrogens is 512 g/mol. The minimum Gasteiger partial charge on any atom is -0.310 e. The van der Waals surface area contributed by atoms with Gasteiger partial charge < -0.3 is 9.13 Å². The van der Waals surface area contributed by atoms with Crippen LogP contribution in [-0.2, 0) is 0 Å². The second-order valence-electron chi connectivity index (χ2n) is 10.5. The zero-order valence-electron chi connectivity index (χ0n) is 22.5. The van der Waals surface area contributed by atoms with E-state index in [4.69, 9.17) is 6.57 Å². The summed E-state index contributed by atoms with van der Waals surface area (Å²) in [6.07, 6.45) is 0. The highest BCUT2D eigenvalue weighted by atomic mass is 15.0. The van der Waals surface area contributed by atoms with Gasteiger partial charge in [-0.05, 0) is 71.8 Å². The van der Waals surface area contributed by atoms with Gasteiger partial charge in [0.15, 0.2) is 5.69 Å². The van der Waals surface area contributed by atoms with Gasteiger partial charge in [0.1, 0.15) is 0 Å². The van der Waals surface area contributed by atoms with Crippen molar-refractivity contribution >= 4 is 49.3 Å². The normalized spacial score (nSPS) is 11.3. The quantitative estimate of drug-likeness (QED) is 0.208. The van der Waals surface area contributed by atoms with Crippen molar-refractivity contribution in [3.05, 3.63) is 150 Å². The van der Waals surface area contributed by atoms with Gasteiger partial charge in [-0.3, -0.25) is 0 Å². The lowest BCUT2D eigenvalue weighted by Gasteiger charge is -2.11. The molecule has 0 atom stereocenters. The second-order valence-corrected chi connectivity index (χ2v) is 10.5. The molecule has 0 saturated carbocycles. The van der Waals surface area contributed by atoms with Crippen LogP contribution in [0, 0.1) is 17.9 Å². The van der Waals surface area contributed by atoms with E-state index in [0.29, 0.717) is 11.3 Å². The Kier molecular flexibility index (Phi) is 5.22. The van der Waals surface area contributed by atoms with E-state index in [1.54, 1.807) is 6.07 Å². The van der Waals surface area contributed by atoms with Crippen LogP contribution < -0.4 is 0 Å². The fraction of sp³-hybridized carbons (Fsp3) is 0. The first kappa shape index (κ1) is 23.8. The van der Waals surface area contributed by atoms with Crippen LogP contribution >= 0.6 is 0 Å². The van der Waals surface area contributed by atoms with Crippen molar-refractivity contribution in [1.82, 2.24) is 9.13 Å². The number of hydrogen-bond donors (Lipinski definition) is 0. The molecule has 4 nitrogen and oxygen atoms in total. The molecule has 0 aliphatic carbocycles. The largest absolute Gasteiger partial charge is 0.310 e. The van der Waals surface area contributed by atoms with Crippen LogP contribution in [0.5, 0.6) is 0 Å². The molecule has 0 radical (unpaired) electrons. The van der Waals surface area contributed by atoms with Crippen LogP contribution in [0.1, 0.15) is 5.56 Å². The van der Waals surface area contributed by atoms with Crippen LogP contribution in [0.3, 0.4) is 0 Å². The highest BCUT2D eigenvalue weighted by Gasteiger charge is 2.16. The molecule has 42 heavy (non-hydrogen) atoms. The Balaban J connectivity index is 1.38. The maximum atomic E-state index is 9.67. The third kappa shape index (κ3) is 3.53. The zero-order chi connectivity index (χ0) is 28.2. The van der Waals surface area contributed by atoms with Gasteiger partial charge in [-0.2, -0.15) is 5.26 Å². The fourth-order valence-electron chi connectivity index (χ4n) is 6.29. The summed E-state index contributed by atoms with van der Waals surface area (Å²) in [5.74, 6) is 0. The summed E-state index contributed by atoms with van der Waals surface area (Å²) in [5.41, 5.74) is 9.53. The summed E-state index contributed by atoms with van der Waals surface area (Å²) in [5, 5.41) is 14.4. The van der Waals surface area contributed by atoms with Crippen molar-refractivity contribution in [1.29, 1.82) is 5.26 Å². The second kappa shape index (κ2) is 9.24. The van der Waals surface area contributed by atoms with Crippen molar-refractivity contribution in [3.63, 3.8) is 0 Å². The van der Waals surface area contributed by atoms with E-state index in [9.17, 15) is 5.26 Å². The molecule has 2 heterocycles. The summed E-state index contributed by atoms with van der Waals surface area (Å²) >= 11 is 0. The molecule has 8 aromatic rings. The monoisotopic (exact) mass is 534 g/mol. The van der Waals surface area contributed by atoms with Crippen molar-refractivity contribution in [3.8, 4) is 28.6 Å². The smallest absolute Gasteiger partial charge is 0.190 e. The SMILES string of the molecule is [C-]#[N+]c1cc(C#N)cc(-n2c3ccccc3c3ccc(-c4ccc5c(c4)c4ccccc4n5-c4ccccc4)cc32)c1. The van der Waals surface area contributed by atoms with E-state index in [1.165, 1.54) is 21.8 Å². The average molecular weight is 535 g/mol. The first-order chi connectivity index (χ1) is 20.7. The number of nitriles is 1. The molecule has 0 N–H and O–H groups in total. The van der Waals surface area contributed by atoms with E-state index >= 15 is 0 Å². The van der Waals surface area contributed by atoms with Gasteiger partial charge in [0.2, 0.25) is 0 Å². The van der Waals surface area contributed by atoms with Crippen LogP contribution in [0.2, 0.25) is 0 Å². The number of rotatable bonds is 3. The van der Waals surface area contributed by atoms with Gasteiger partial charge in [0.25, 0.3) is 0 Å². The van der Waals surface area contributed by atoms with E-state index < -0.39 is 0 Å². The predicted octanol–water partition coefficient (Wildman–Crippen LogP) is 9.97. The number of benzene rings is 6. The lowest BCUT2D eigenvalue weighted by atomic mass is 10.0. The molecule has 0 fully saturated rings. The Morgan fingerprint density at radius 3 is 1.83 bits per heavy atom. The van der Waals surface area contributed by atoms with E-state index in [1.807, 2.05) is 30.3 Å². The summed E-state index contributed by atoms with van der Waals surface area (Å²) in [7, 11) is 0. The van der Waals surface area contributed by atoms with E-state index in [2.05, 4.69) is 117 Å². The molecule has 0 saturated heterocycles. The molecule has 0 spiro atoms. The summed E-state index contributed by atoms with van der Waals surface area (Å²) in [6.45, 7) is 7.59. The minimum atomic E-state index is 0.450. The maximum Gasteiger partial charge on any atom is 0.190 e. The van der Waals surface area contributed by atoms with Crippen molar-refractivity contribution < 1.29 is 0 Å². The van der Waals surface area contributed by atoms with Crippen molar-refractivity contribution in [2.24, 2.45) is 0 Å². The molecule has 0 aliphatic heterocycles. The number of fused-ring (bicyclic) bond motifs is 6. The van der Waals surface area contributed by atoms with E-state index in [0.717, 1.165) is 44.3 Å². The summed E-state index contributed by atoms with van der Waals surface area (Å²) in [6, 6.07) is 48.2. The van der Waals surface area contributed by atoms with Crippen LogP contribution in [0.25, 0.3) is 71.0 Å². The lowest BCUT2D eigenvalue weighted by molar-refractivity contribution is 1.18. The third-order valence-electron chi connectivity index (χ3n) is 8.11. The zero-order valence-corrected chi connectivity index (χ0v) is 22.5. The molecule has 0 unspecified atom stereocenters. The summed E-state index contributed by atoms with van der Waals surface area (Å²) < 4.78 is 4.50. The van der Waals surface area contributed by atoms with Crippen LogP contribution in [-0.4, -0.2) is 9.13 Å². The molecule has 8 rings (SSSR count). The van der Waals surface area contributed by atoms with Gasteiger partial charge in [0, 0.05) is 38.5 Å². The van der Waals surface area contributed by atoms with Gasteiger partial charge >= 0.3 is 0 Å². The van der Waals surface area contributed by atoms with Gasteiger partial charge in [0.05, 0.1) is 34.7 Å². The maximum absolute atomic E-state index is 9.67. The first-order valence-electron chi connectivity index (χ1n) is 13.8. The molecule has 194 valence electrons. The van der Waals surface area contributed by atoms with Gasteiger partial charge in [-0.15, -0.1) is 0 Å². The molecule has 0 bridgehead atoms. The molecule has 6 aromatic carbocycles.